The number of likely N-dealkylation sites (tertiary alicyclic amines) is 1. The Balaban J connectivity index is 2.61. The molecule has 1 saturated heterocycles. The van der Waals surface area contributed by atoms with Crippen molar-refractivity contribution in [3.8, 4) is 0 Å². The predicted octanol–water partition coefficient (Wildman–Crippen LogP) is 3.23. The van der Waals surface area contributed by atoms with Gasteiger partial charge in [-0.2, -0.15) is 0 Å². The summed E-state index contributed by atoms with van der Waals surface area (Å²) in [5.41, 5.74) is 0. The fourth-order valence-corrected chi connectivity index (χ4v) is 6.18. The minimum atomic E-state index is -1.15. The quantitative estimate of drug-likeness (QED) is 0.631. The van der Waals surface area contributed by atoms with E-state index in [1.807, 2.05) is 0 Å². The zero-order valence-corrected chi connectivity index (χ0v) is 11.1. The van der Waals surface area contributed by atoms with E-state index < -0.39 is 8.07 Å². The van der Waals surface area contributed by atoms with Gasteiger partial charge in [0.1, 0.15) is 0 Å². The minimum Gasteiger partial charge on any atom is -0.306 e. The van der Waals surface area contributed by atoms with Crippen molar-refractivity contribution < 1.29 is 0 Å². The average Bonchev–Trinajstić information content (AvgIpc) is 2.66. The van der Waals surface area contributed by atoms with E-state index in [9.17, 15) is 0 Å². The van der Waals surface area contributed by atoms with Gasteiger partial charge in [-0.05, 0) is 39.0 Å². The maximum atomic E-state index is 4.25. The van der Waals surface area contributed by atoms with Crippen molar-refractivity contribution in [3.63, 3.8) is 0 Å². The summed E-state index contributed by atoms with van der Waals surface area (Å²) in [6.07, 6.45) is 4.19. The Morgan fingerprint density at radius 2 is 1.71 bits per heavy atom. The summed E-state index contributed by atoms with van der Waals surface area (Å²) < 4.78 is 0. The van der Waals surface area contributed by atoms with Crippen molar-refractivity contribution in [1.82, 2.24) is 4.90 Å². The Bertz CT molecular complexity index is 190. The first-order valence-corrected chi connectivity index (χ1v) is 8.65. The van der Waals surface area contributed by atoms with Crippen LogP contribution < -0.4 is 0 Å². The average molecular weight is 211 g/mol. The maximum absolute atomic E-state index is 4.25. The van der Waals surface area contributed by atoms with E-state index in [1.165, 1.54) is 49.4 Å². The highest BCUT2D eigenvalue weighted by Gasteiger charge is 2.32. The maximum Gasteiger partial charge on any atom is 0.0941 e. The van der Waals surface area contributed by atoms with Gasteiger partial charge < -0.3 is 4.90 Å². The lowest BCUT2D eigenvalue weighted by Crippen LogP contribution is -2.46. The molecule has 0 unspecified atom stereocenters. The first kappa shape index (κ1) is 12.0. The van der Waals surface area contributed by atoms with E-state index in [0.29, 0.717) is 0 Å². The summed E-state index contributed by atoms with van der Waals surface area (Å²) in [6, 6.07) is 2.74. The van der Waals surface area contributed by atoms with Gasteiger partial charge in [-0.25, -0.2) is 0 Å². The fraction of sp³-hybridized carbons (Fsp3) is 0.833. The summed E-state index contributed by atoms with van der Waals surface area (Å²) in [5.74, 6) is 0. The van der Waals surface area contributed by atoms with Crippen LogP contribution in [0.3, 0.4) is 0 Å². The van der Waals surface area contributed by atoms with Gasteiger partial charge in [0.2, 0.25) is 0 Å². The largest absolute Gasteiger partial charge is 0.306 e. The molecule has 82 valence electrons. The van der Waals surface area contributed by atoms with Crippen molar-refractivity contribution in [2.75, 3.05) is 19.3 Å². The SMILES string of the molecule is C=C(C)[Si](CC)(CC)CN1CCCC1. The molecule has 0 radical (unpaired) electrons. The third kappa shape index (κ3) is 2.48. The van der Waals surface area contributed by atoms with Crippen LogP contribution in [0.15, 0.2) is 11.8 Å². The second kappa shape index (κ2) is 5.13. The fourth-order valence-electron chi connectivity index (χ4n) is 2.58. The van der Waals surface area contributed by atoms with Crippen LogP contribution in [0, 0.1) is 0 Å². The molecule has 1 heterocycles. The molecule has 0 bridgehead atoms. The van der Waals surface area contributed by atoms with Gasteiger partial charge in [0.05, 0.1) is 8.07 Å². The Hall–Kier alpha value is -0.0831. The molecule has 0 aromatic heterocycles. The van der Waals surface area contributed by atoms with Crippen molar-refractivity contribution >= 4 is 8.07 Å². The first-order valence-electron chi connectivity index (χ1n) is 6.03. The molecule has 1 nitrogen and oxygen atoms in total. The Morgan fingerprint density at radius 1 is 1.21 bits per heavy atom. The molecule has 0 aromatic carbocycles. The number of hydrogen-bond acceptors (Lipinski definition) is 1. The normalized spacial score (nSPS) is 18.8. The first-order chi connectivity index (χ1) is 6.64. The lowest BCUT2D eigenvalue weighted by Gasteiger charge is -2.34. The van der Waals surface area contributed by atoms with E-state index in [4.69, 9.17) is 0 Å². The van der Waals surface area contributed by atoms with Gasteiger partial charge in [0.25, 0.3) is 0 Å². The Kier molecular flexibility index (Phi) is 4.39. The highest BCUT2D eigenvalue weighted by Crippen LogP contribution is 2.25. The van der Waals surface area contributed by atoms with Crippen LogP contribution in [0.25, 0.3) is 0 Å². The molecule has 2 heteroatoms. The lowest BCUT2D eigenvalue weighted by atomic mass is 10.4. The van der Waals surface area contributed by atoms with E-state index in [1.54, 1.807) is 0 Å². The third-order valence-electron chi connectivity index (χ3n) is 3.98. The minimum absolute atomic E-state index is 1.15. The van der Waals surface area contributed by atoms with E-state index in [-0.39, 0.29) is 0 Å². The number of nitrogens with zero attached hydrogens (tertiary/aromatic N) is 1. The monoisotopic (exact) mass is 211 g/mol. The predicted molar refractivity (Wildman–Crippen MR) is 67.2 cm³/mol. The van der Waals surface area contributed by atoms with Gasteiger partial charge in [-0.1, -0.05) is 31.1 Å². The van der Waals surface area contributed by atoms with Crippen LogP contribution in [0.4, 0.5) is 0 Å². The van der Waals surface area contributed by atoms with Gasteiger partial charge in [0, 0.05) is 0 Å². The van der Waals surface area contributed by atoms with Crippen molar-refractivity contribution in [2.45, 2.75) is 45.7 Å². The van der Waals surface area contributed by atoms with Crippen LogP contribution in [0.1, 0.15) is 33.6 Å². The molecule has 0 saturated carbocycles. The van der Waals surface area contributed by atoms with Crippen LogP contribution in [0.5, 0.6) is 0 Å². The van der Waals surface area contributed by atoms with Crippen LogP contribution in [0.2, 0.25) is 12.1 Å². The van der Waals surface area contributed by atoms with Gasteiger partial charge in [-0.3, -0.25) is 0 Å². The van der Waals surface area contributed by atoms with E-state index in [2.05, 4.69) is 32.3 Å². The van der Waals surface area contributed by atoms with Crippen LogP contribution >= 0.6 is 0 Å². The molecular formula is C12H25NSi. The van der Waals surface area contributed by atoms with Gasteiger partial charge in [0.15, 0.2) is 0 Å². The van der Waals surface area contributed by atoms with E-state index in [0.717, 1.165) is 0 Å². The second-order valence-corrected chi connectivity index (χ2v) is 9.90. The topological polar surface area (TPSA) is 3.24 Å². The Morgan fingerprint density at radius 3 is 2.07 bits per heavy atom. The molecule has 14 heavy (non-hydrogen) atoms. The molecule has 0 atom stereocenters. The van der Waals surface area contributed by atoms with Crippen molar-refractivity contribution in [2.24, 2.45) is 0 Å². The molecule has 1 aliphatic heterocycles. The number of rotatable bonds is 5. The smallest absolute Gasteiger partial charge is 0.0941 e. The number of hydrogen-bond donors (Lipinski definition) is 0. The zero-order chi connectivity index (χ0) is 10.6. The highest BCUT2D eigenvalue weighted by molar-refractivity contribution is 6.86. The van der Waals surface area contributed by atoms with Gasteiger partial charge >= 0.3 is 0 Å². The van der Waals surface area contributed by atoms with Crippen LogP contribution in [-0.4, -0.2) is 32.2 Å². The molecule has 0 aliphatic carbocycles. The summed E-state index contributed by atoms with van der Waals surface area (Å²) in [5, 5.41) is 1.51. The molecule has 0 N–H and O–H groups in total. The summed E-state index contributed by atoms with van der Waals surface area (Å²) in [6.45, 7) is 13.9. The van der Waals surface area contributed by atoms with Crippen molar-refractivity contribution in [3.05, 3.63) is 11.8 Å². The molecule has 0 spiro atoms. The highest BCUT2D eigenvalue weighted by atomic mass is 28.3. The summed E-state index contributed by atoms with van der Waals surface area (Å²) >= 11 is 0. The Labute approximate surface area is 90.2 Å². The molecule has 0 amide bonds. The summed E-state index contributed by atoms with van der Waals surface area (Å²) in [7, 11) is -1.15. The molecule has 1 aliphatic rings. The van der Waals surface area contributed by atoms with Crippen LogP contribution in [-0.2, 0) is 0 Å². The second-order valence-electron chi connectivity index (χ2n) is 4.75. The summed E-state index contributed by atoms with van der Waals surface area (Å²) in [4.78, 5) is 2.67. The standard InChI is InChI=1S/C12H25NSi/c1-5-14(6-2,12(3)4)11-13-9-7-8-10-13/h3,5-11H2,1-2,4H3. The van der Waals surface area contributed by atoms with Crippen molar-refractivity contribution in [1.29, 1.82) is 0 Å². The van der Waals surface area contributed by atoms with Gasteiger partial charge in [-0.15, -0.1) is 6.58 Å². The lowest BCUT2D eigenvalue weighted by molar-refractivity contribution is 0.388. The number of allylic oxidation sites excluding steroid dienone is 1. The van der Waals surface area contributed by atoms with E-state index >= 15 is 0 Å². The molecule has 1 fully saturated rings. The molecule has 1 rings (SSSR count). The molecule has 0 aromatic rings. The molecular weight excluding hydrogens is 186 g/mol. The zero-order valence-electron chi connectivity index (χ0n) is 10.1. The third-order valence-corrected chi connectivity index (χ3v) is 9.55.